The predicted molar refractivity (Wildman–Crippen MR) is 119 cm³/mol. The predicted octanol–water partition coefficient (Wildman–Crippen LogP) is 5.55. The second-order valence-corrected chi connectivity index (χ2v) is 8.43. The van der Waals surface area contributed by atoms with E-state index in [1.54, 1.807) is 12.1 Å². The van der Waals surface area contributed by atoms with Crippen LogP contribution in [0.15, 0.2) is 51.5 Å². The van der Waals surface area contributed by atoms with Gasteiger partial charge in [-0.15, -0.1) is 0 Å². The summed E-state index contributed by atoms with van der Waals surface area (Å²) in [6.45, 7) is 3.66. The molecule has 0 atom stereocenters. The van der Waals surface area contributed by atoms with E-state index in [1.165, 1.54) is 17.7 Å². The van der Waals surface area contributed by atoms with Gasteiger partial charge in [0.05, 0.1) is 23.3 Å². The molecule has 5 nitrogen and oxygen atoms in total. The highest BCUT2D eigenvalue weighted by molar-refractivity contribution is 9.10. The van der Waals surface area contributed by atoms with Crippen molar-refractivity contribution in [2.45, 2.75) is 39.2 Å². The normalized spacial score (nSPS) is 13.2. The molecule has 0 saturated carbocycles. The summed E-state index contributed by atoms with van der Waals surface area (Å²) in [6.07, 6.45) is 2.68. The van der Waals surface area contributed by atoms with Gasteiger partial charge in [0.25, 0.3) is 0 Å². The topological polar surface area (TPSA) is 55.6 Å². The summed E-state index contributed by atoms with van der Waals surface area (Å²) in [5, 5.41) is 4.15. The molecule has 0 radical (unpaired) electrons. The second-order valence-electron chi connectivity index (χ2n) is 7.58. The maximum atomic E-state index is 13.2. The van der Waals surface area contributed by atoms with Crippen molar-refractivity contribution in [3.8, 4) is 17.1 Å². The minimum absolute atomic E-state index is 0.0842. The number of hydrogen-bond acceptors (Lipinski definition) is 4. The van der Waals surface area contributed by atoms with Crippen LogP contribution < -0.4 is 4.74 Å². The molecule has 0 spiro atoms. The van der Waals surface area contributed by atoms with Gasteiger partial charge in [-0.05, 0) is 70.7 Å². The molecular weight excluding hydrogens is 463 g/mol. The highest BCUT2D eigenvalue weighted by atomic mass is 79.9. The molecule has 0 bridgehead atoms. The van der Waals surface area contributed by atoms with Gasteiger partial charge in [-0.25, -0.2) is 4.39 Å². The van der Waals surface area contributed by atoms with Gasteiger partial charge < -0.3 is 14.2 Å². The first-order valence-corrected chi connectivity index (χ1v) is 11.3. The Kier molecular flexibility index (Phi) is 6.70. The van der Waals surface area contributed by atoms with Crippen LogP contribution in [0.5, 0.6) is 5.75 Å². The standard InChI is InChI=1S/C24H24BrFN2O3/c1-2-16-5-10-22(20(25)14-16)30-13-3-4-23(29)28-12-11-21-19(15-28)24(31-27-21)17-6-8-18(26)9-7-17/h5-10,14H,2-4,11-13,15H2,1H3. The maximum Gasteiger partial charge on any atom is 0.223 e. The van der Waals surface area contributed by atoms with Crippen molar-refractivity contribution < 1.29 is 18.4 Å². The molecule has 0 saturated heterocycles. The van der Waals surface area contributed by atoms with Crippen LogP contribution in [0.4, 0.5) is 4.39 Å². The van der Waals surface area contributed by atoms with Crippen molar-refractivity contribution >= 4 is 21.8 Å². The van der Waals surface area contributed by atoms with Crippen molar-refractivity contribution in [3.05, 3.63) is 69.6 Å². The molecule has 3 aromatic rings. The third-order valence-electron chi connectivity index (χ3n) is 5.49. The van der Waals surface area contributed by atoms with Crippen molar-refractivity contribution in [3.63, 3.8) is 0 Å². The van der Waals surface area contributed by atoms with Gasteiger partial charge in [0.1, 0.15) is 11.6 Å². The summed E-state index contributed by atoms with van der Waals surface area (Å²) >= 11 is 3.54. The number of aromatic nitrogens is 1. The average Bonchev–Trinajstić information content (AvgIpc) is 3.21. The van der Waals surface area contributed by atoms with Crippen molar-refractivity contribution in [1.29, 1.82) is 0 Å². The van der Waals surface area contributed by atoms with E-state index >= 15 is 0 Å². The molecule has 0 unspecified atom stereocenters. The molecule has 7 heteroatoms. The summed E-state index contributed by atoms with van der Waals surface area (Å²) in [5.41, 5.74) is 3.78. The fourth-order valence-electron chi connectivity index (χ4n) is 3.70. The quantitative estimate of drug-likeness (QED) is 0.410. The zero-order chi connectivity index (χ0) is 21.8. The summed E-state index contributed by atoms with van der Waals surface area (Å²) in [7, 11) is 0. The highest BCUT2D eigenvalue weighted by Crippen LogP contribution is 2.31. The summed E-state index contributed by atoms with van der Waals surface area (Å²) < 4.78 is 25.5. The van der Waals surface area contributed by atoms with Gasteiger partial charge in [0, 0.05) is 30.5 Å². The Morgan fingerprint density at radius 3 is 2.81 bits per heavy atom. The minimum Gasteiger partial charge on any atom is -0.492 e. The van der Waals surface area contributed by atoms with Crippen LogP contribution in [0.2, 0.25) is 0 Å². The lowest BCUT2D eigenvalue weighted by molar-refractivity contribution is -0.132. The molecule has 0 aliphatic carbocycles. The Hall–Kier alpha value is -2.67. The molecule has 0 fully saturated rings. The van der Waals surface area contributed by atoms with E-state index in [4.69, 9.17) is 9.26 Å². The minimum atomic E-state index is -0.301. The number of ether oxygens (including phenoxy) is 1. The third-order valence-corrected chi connectivity index (χ3v) is 6.11. The fourth-order valence-corrected chi connectivity index (χ4v) is 4.24. The van der Waals surface area contributed by atoms with Crippen LogP contribution in [-0.2, 0) is 24.2 Å². The molecule has 1 aromatic heterocycles. The first kappa shape index (κ1) is 21.6. The van der Waals surface area contributed by atoms with E-state index in [2.05, 4.69) is 34.1 Å². The first-order chi connectivity index (χ1) is 15.0. The maximum absolute atomic E-state index is 13.2. The van der Waals surface area contributed by atoms with E-state index < -0.39 is 0 Å². The van der Waals surface area contributed by atoms with Gasteiger partial charge in [-0.3, -0.25) is 4.79 Å². The smallest absolute Gasteiger partial charge is 0.223 e. The van der Waals surface area contributed by atoms with Crippen LogP contribution in [-0.4, -0.2) is 29.1 Å². The van der Waals surface area contributed by atoms with Crippen LogP contribution in [0.1, 0.15) is 36.6 Å². The number of benzene rings is 2. The Morgan fingerprint density at radius 2 is 2.06 bits per heavy atom. The molecule has 162 valence electrons. The largest absolute Gasteiger partial charge is 0.492 e. The molecule has 1 amide bonds. The number of hydrogen-bond donors (Lipinski definition) is 0. The number of aryl methyl sites for hydroxylation is 1. The van der Waals surface area contributed by atoms with Crippen molar-refractivity contribution in [1.82, 2.24) is 10.1 Å². The van der Waals surface area contributed by atoms with Crippen molar-refractivity contribution in [2.75, 3.05) is 13.2 Å². The van der Waals surface area contributed by atoms with Crippen molar-refractivity contribution in [2.24, 2.45) is 0 Å². The summed E-state index contributed by atoms with van der Waals surface area (Å²) in [4.78, 5) is 14.6. The molecule has 31 heavy (non-hydrogen) atoms. The Morgan fingerprint density at radius 1 is 1.26 bits per heavy atom. The van der Waals surface area contributed by atoms with Gasteiger partial charge in [0.15, 0.2) is 5.76 Å². The van der Waals surface area contributed by atoms with Gasteiger partial charge >= 0.3 is 0 Å². The molecule has 2 heterocycles. The third kappa shape index (κ3) is 4.98. The molecule has 1 aliphatic heterocycles. The van der Waals surface area contributed by atoms with Gasteiger partial charge in [0.2, 0.25) is 5.91 Å². The molecule has 2 aromatic carbocycles. The first-order valence-electron chi connectivity index (χ1n) is 10.5. The van der Waals surface area contributed by atoms with E-state index in [0.29, 0.717) is 44.7 Å². The number of carbonyl (C=O) groups excluding carboxylic acids is 1. The molecule has 0 N–H and O–H groups in total. The Bertz CT molecular complexity index is 1070. The van der Waals surface area contributed by atoms with E-state index in [-0.39, 0.29) is 11.7 Å². The average molecular weight is 487 g/mol. The van der Waals surface area contributed by atoms with Crippen LogP contribution >= 0.6 is 15.9 Å². The van der Waals surface area contributed by atoms with Crippen LogP contribution in [0, 0.1) is 5.82 Å². The second kappa shape index (κ2) is 9.64. The van der Waals surface area contributed by atoms with E-state index in [0.717, 1.165) is 33.5 Å². The highest BCUT2D eigenvalue weighted by Gasteiger charge is 2.27. The van der Waals surface area contributed by atoms with E-state index in [1.807, 2.05) is 17.0 Å². The zero-order valence-electron chi connectivity index (χ0n) is 17.4. The number of fused-ring (bicyclic) bond motifs is 1. The Labute approximate surface area is 189 Å². The fraction of sp³-hybridized carbons (Fsp3) is 0.333. The van der Waals surface area contributed by atoms with Crippen LogP contribution in [0.3, 0.4) is 0 Å². The van der Waals surface area contributed by atoms with Gasteiger partial charge in [-0.2, -0.15) is 0 Å². The molecule has 4 rings (SSSR count). The number of carbonyl (C=O) groups is 1. The number of rotatable bonds is 7. The number of halogens is 2. The number of amides is 1. The van der Waals surface area contributed by atoms with Gasteiger partial charge in [-0.1, -0.05) is 18.1 Å². The monoisotopic (exact) mass is 486 g/mol. The molecular formula is C24H24BrFN2O3. The molecule has 1 aliphatic rings. The SMILES string of the molecule is CCc1ccc(OCCCC(=O)N2CCc3noc(-c4ccc(F)cc4)c3C2)c(Br)c1. The van der Waals surface area contributed by atoms with Crippen LogP contribution in [0.25, 0.3) is 11.3 Å². The Balaban J connectivity index is 1.32. The number of nitrogens with zero attached hydrogens (tertiary/aromatic N) is 2. The zero-order valence-corrected chi connectivity index (χ0v) is 19.0. The lowest BCUT2D eigenvalue weighted by Gasteiger charge is -2.26. The summed E-state index contributed by atoms with van der Waals surface area (Å²) in [5.74, 6) is 1.18. The summed E-state index contributed by atoms with van der Waals surface area (Å²) in [6, 6.07) is 12.2. The lowest BCUT2D eigenvalue weighted by atomic mass is 10.0. The lowest BCUT2D eigenvalue weighted by Crippen LogP contribution is -2.36. The van der Waals surface area contributed by atoms with E-state index in [9.17, 15) is 9.18 Å².